The highest BCUT2D eigenvalue weighted by molar-refractivity contribution is 5.74. The number of carboxylic acids is 1. The van der Waals surface area contributed by atoms with Crippen LogP contribution in [0, 0.1) is 0 Å². The van der Waals surface area contributed by atoms with Crippen molar-refractivity contribution >= 4 is 5.97 Å². The van der Waals surface area contributed by atoms with Crippen LogP contribution in [0.3, 0.4) is 0 Å². The van der Waals surface area contributed by atoms with Crippen molar-refractivity contribution in [1.82, 2.24) is 9.78 Å². The fourth-order valence-electron chi connectivity index (χ4n) is 1.76. The highest BCUT2D eigenvalue weighted by atomic mass is 16.4. The fraction of sp³-hybridized carbons (Fsp3) is 0.231. The van der Waals surface area contributed by atoms with Crippen LogP contribution in [0.25, 0.3) is 11.3 Å². The zero-order chi connectivity index (χ0) is 12.3. The van der Waals surface area contributed by atoms with Crippen LogP contribution in [0.4, 0.5) is 0 Å². The van der Waals surface area contributed by atoms with Crippen molar-refractivity contribution in [1.29, 1.82) is 0 Å². The molecule has 0 bridgehead atoms. The molecule has 1 N–H and O–H groups in total. The molecule has 0 spiro atoms. The smallest absolute Gasteiger partial charge is 0.307 e. The van der Waals surface area contributed by atoms with Crippen LogP contribution in [0.1, 0.15) is 12.5 Å². The Hall–Kier alpha value is -2.10. The normalized spacial score (nSPS) is 10.4. The van der Waals surface area contributed by atoms with E-state index in [2.05, 4.69) is 5.10 Å². The van der Waals surface area contributed by atoms with Crippen molar-refractivity contribution < 1.29 is 9.90 Å². The summed E-state index contributed by atoms with van der Waals surface area (Å²) in [5.41, 5.74) is 2.47. The molecule has 1 heterocycles. The summed E-state index contributed by atoms with van der Waals surface area (Å²) in [6.07, 6.45) is 1.81. The molecule has 4 heteroatoms. The average molecular weight is 230 g/mol. The van der Waals surface area contributed by atoms with Gasteiger partial charge in [-0.15, -0.1) is 0 Å². The lowest BCUT2D eigenvalue weighted by molar-refractivity contribution is -0.136. The summed E-state index contributed by atoms with van der Waals surface area (Å²) in [5.74, 6) is -0.835. The first-order chi connectivity index (χ1) is 8.20. The number of hydrogen-bond donors (Lipinski definition) is 1. The first-order valence-electron chi connectivity index (χ1n) is 5.54. The summed E-state index contributed by atoms with van der Waals surface area (Å²) in [7, 11) is 0. The van der Waals surface area contributed by atoms with E-state index in [1.165, 1.54) is 0 Å². The molecule has 4 nitrogen and oxygen atoms in total. The topological polar surface area (TPSA) is 55.1 Å². The zero-order valence-electron chi connectivity index (χ0n) is 9.63. The Bertz CT molecular complexity index is 517. The molecule has 0 radical (unpaired) electrons. The van der Waals surface area contributed by atoms with Gasteiger partial charge in [-0.1, -0.05) is 30.3 Å². The fourth-order valence-corrected chi connectivity index (χ4v) is 1.76. The van der Waals surface area contributed by atoms with Gasteiger partial charge in [-0.3, -0.25) is 9.48 Å². The predicted molar refractivity (Wildman–Crippen MR) is 64.7 cm³/mol. The minimum Gasteiger partial charge on any atom is -0.481 e. The van der Waals surface area contributed by atoms with Gasteiger partial charge in [0.25, 0.3) is 0 Å². The van der Waals surface area contributed by atoms with Gasteiger partial charge in [0.2, 0.25) is 0 Å². The molecular formula is C13H14N2O2. The average Bonchev–Trinajstić information content (AvgIpc) is 2.72. The van der Waals surface area contributed by atoms with E-state index in [-0.39, 0.29) is 6.42 Å². The van der Waals surface area contributed by atoms with Crippen molar-refractivity contribution in [3.05, 3.63) is 42.1 Å². The second-order valence-electron chi connectivity index (χ2n) is 3.80. The zero-order valence-corrected chi connectivity index (χ0v) is 9.63. The number of aliphatic carboxylic acids is 1. The van der Waals surface area contributed by atoms with E-state index in [4.69, 9.17) is 5.11 Å². The molecule has 0 saturated heterocycles. The summed E-state index contributed by atoms with van der Waals surface area (Å²) in [6.45, 7) is 2.71. The Morgan fingerprint density at radius 3 is 2.65 bits per heavy atom. The second kappa shape index (κ2) is 4.82. The molecule has 0 atom stereocenters. The van der Waals surface area contributed by atoms with Gasteiger partial charge in [-0.2, -0.15) is 5.10 Å². The lowest BCUT2D eigenvalue weighted by Gasteiger charge is -1.99. The molecule has 2 rings (SSSR count). The molecule has 0 unspecified atom stereocenters. The molecular weight excluding hydrogens is 216 g/mol. The third-order valence-electron chi connectivity index (χ3n) is 2.55. The first-order valence-corrected chi connectivity index (χ1v) is 5.54. The third kappa shape index (κ3) is 2.53. The van der Waals surface area contributed by atoms with E-state index in [1.807, 2.05) is 37.3 Å². The van der Waals surface area contributed by atoms with E-state index in [0.29, 0.717) is 0 Å². The van der Waals surface area contributed by atoms with E-state index < -0.39 is 5.97 Å². The van der Waals surface area contributed by atoms with Gasteiger partial charge in [0, 0.05) is 23.9 Å². The molecule has 17 heavy (non-hydrogen) atoms. The summed E-state index contributed by atoms with van der Waals surface area (Å²) >= 11 is 0. The van der Waals surface area contributed by atoms with Crippen LogP contribution in [-0.2, 0) is 17.8 Å². The van der Waals surface area contributed by atoms with Gasteiger partial charge in [0.05, 0.1) is 12.1 Å². The van der Waals surface area contributed by atoms with Gasteiger partial charge in [-0.25, -0.2) is 0 Å². The van der Waals surface area contributed by atoms with E-state index in [1.54, 1.807) is 10.9 Å². The van der Waals surface area contributed by atoms with E-state index in [9.17, 15) is 4.79 Å². The van der Waals surface area contributed by atoms with Gasteiger partial charge in [-0.05, 0) is 6.92 Å². The van der Waals surface area contributed by atoms with Crippen molar-refractivity contribution in [2.45, 2.75) is 19.9 Å². The van der Waals surface area contributed by atoms with Crippen molar-refractivity contribution in [3.8, 4) is 11.3 Å². The molecule has 0 aliphatic rings. The highest BCUT2D eigenvalue weighted by Crippen LogP contribution is 2.22. The standard InChI is InChI=1S/C13H14N2O2/c1-2-15-9-11(8-12(16)17)13(14-15)10-6-4-3-5-7-10/h3-7,9H,2,8H2,1H3,(H,16,17). The van der Waals surface area contributed by atoms with Crippen LogP contribution in [0.5, 0.6) is 0 Å². The highest BCUT2D eigenvalue weighted by Gasteiger charge is 2.13. The maximum Gasteiger partial charge on any atom is 0.307 e. The van der Waals surface area contributed by atoms with Crippen molar-refractivity contribution in [3.63, 3.8) is 0 Å². The Morgan fingerprint density at radius 1 is 1.35 bits per heavy atom. The number of aryl methyl sites for hydroxylation is 1. The van der Waals surface area contributed by atoms with E-state index in [0.717, 1.165) is 23.4 Å². The van der Waals surface area contributed by atoms with Crippen LogP contribution < -0.4 is 0 Å². The van der Waals surface area contributed by atoms with Crippen molar-refractivity contribution in [2.24, 2.45) is 0 Å². The number of carboxylic acid groups (broad SMARTS) is 1. The largest absolute Gasteiger partial charge is 0.481 e. The minimum absolute atomic E-state index is 0.00419. The van der Waals surface area contributed by atoms with Crippen molar-refractivity contribution in [2.75, 3.05) is 0 Å². The summed E-state index contributed by atoms with van der Waals surface area (Å²) in [6, 6.07) is 9.65. The second-order valence-corrected chi connectivity index (χ2v) is 3.80. The van der Waals surface area contributed by atoms with Crippen LogP contribution in [0.2, 0.25) is 0 Å². The van der Waals surface area contributed by atoms with Gasteiger partial charge in [0.15, 0.2) is 0 Å². The SMILES string of the molecule is CCn1cc(CC(=O)O)c(-c2ccccc2)n1. The molecule has 1 aromatic carbocycles. The summed E-state index contributed by atoms with van der Waals surface area (Å²) in [5, 5.41) is 13.3. The van der Waals surface area contributed by atoms with Crippen LogP contribution in [-0.4, -0.2) is 20.9 Å². The van der Waals surface area contributed by atoms with Gasteiger partial charge >= 0.3 is 5.97 Å². The van der Waals surface area contributed by atoms with Gasteiger partial charge < -0.3 is 5.11 Å². The molecule has 0 amide bonds. The minimum atomic E-state index is -0.835. The molecule has 0 aliphatic heterocycles. The van der Waals surface area contributed by atoms with Gasteiger partial charge in [0.1, 0.15) is 0 Å². The van der Waals surface area contributed by atoms with Crippen LogP contribution in [0.15, 0.2) is 36.5 Å². The molecule has 0 saturated carbocycles. The first kappa shape index (κ1) is 11.4. The maximum absolute atomic E-state index is 10.8. The van der Waals surface area contributed by atoms with E-state index >= 15 is 0 Å². The number of aromatic nitrogens is 2. The summed E-state index contributed by atoms with van der Waals surface area (Å²) in [4.78, 5) is 10.8. The number of hydrogen-bond acceptors (Lipinski definition) is 2. The monoisotopic (exact) mass is 230 g/mol. The maximum atomic E-state index is 10.8. The molecule has 1 aromatic heterocycles. The lowest BCUT2D eigenvalue weighted by atomic mass is 10.1. The number of nitrogens with zero attached hydrogens (tertiary/aromatic N) is 2. The molecule has 2 aromatic rings. The number of carbonyl (C=O) groups is 1. The Labute approximate surface area is 99.5 Å². The number of rotatable bonds is 4. The summed E-state index contributed by atoms with van der Waals surface area (Å²) < 4.78 is 1.76. The Balaban J connectivity index is 2.44. The Kier molecular flexibility index (Phi) is 3.23. The predicted octanol–water partition coefficient (Wildman–Crippen LogP) is 2.20. The molecule has 0 aliphatic carbocycles. The molecule has 88 valence electrons. The number of benzene rings is 1. The van der Waals surface area contributed by atoms with Crippen LogP contribution >= 0.6 is 0 Å². The quantitative estimate of drug-likeness (QED) is 0.876. The lowest BCUT2D eigenvalue weighted by Crippen LogP contribution is -2.00. The Morgan fingerprint density at radius 2 is 2.06 bits per heavy atom. The molecule has 0 fully saturated rings. The third-order valence-corrected chi connectivity index (χ3v) is 2.55.